The molecule has 1 aliphatic heterocycles. The van der Waals surface area contributed by atoms with Crippen LogP contribution < -0.4 is 0 Å². The molecule has 3 nitrogen and oxygen atoms in total. The van der Waals surface area contributed by atoms with E-state index < -0.39 is 0 Å². The van der Waals surface area contributed by atoms with Crippen LogP contribution in [0.25, 0.3) is 0 Å². The number of nitriles is 1. The van der Waals surface area contributed by atoms with Gasteiger partial charge in [0.15, 0.2) is 6.17 Å². The van der Waals surface area contributed by atoms with E-state index in [0.717, 1.165) is 13.0 Å². The van der Waals surface area contributed by atoms with Crippen LogP contribution in [-0.4, -0.2) is 29.6 Å². The molecule has 1 atom stereocenters. The Bertz CT molecular complexity index is 204. The second kappa shape index (κ2) is 4.01. The zero-order chi connectivity index (χ0) is 8.97. The second-order valence-electron chi connectivity index (χ2n) is 3.06. The molecule has 0 aromatic heterocycles. The van der Waals surface area contributed by atoms with Gasteiger partial charge in [0, 0.05) is 26.0 Å². The molecule has 0 fully saturated rings. The largest absolute Gasteiger partial charge is 0.347 e. The van der Waals surface area contributed by atoms with Gasteiger partial charge in [-0.2, -0.15) is 5.26 Å². The topological polar surface area (TPSA) is 30.3 Å². The van der Waals surface area contributed by atoms with Crippen LogP contribution in [0.5, 0.6) is 0 Å². The minimum absolute atomic E-state index is 0.0865. The van der Waals surface area contributed by atoms with E-state index in [1.807, 2.05) is 24.3 Å². The van der Waals surface area contributed by atoms with E-state index in [9.17, 15) is 0 Å². The monoisotopic (exact) mass is 165 g/mol. The average Bonchev–Trinajstić information content (AvgIpc) is 2.43. The molecule has 0 aromatic carbocycles. The third kappa shape index (κ3) is 1.70. The number of hydrogen-bond donors (Lipinski definition) is 0. The Morgan fingerprint density at radius 2 is 2.25 bits per heavy atom. The van der Waals surface area contributed by atoms with Gasteiger partial charge >= 0.3 is 0 Å². The minimum atomic E-state index is -0.0865. The van der Waals surface area contributed by atoms with Crippen LogP contribution in [0.15, 0.2) is 12.4 Å². The first kappa shape index (κ1) is 8.92. The molecular weight excluding hydrogens is 150 g/mol. The first-order valence-electron chi connectivity index (χ1n) is 4.35. The summed E-state index contributed by atoms with van der Waals surface area (Å²) >= 11 is 0. The summed E-state index contributed by atoms with van der Waals surface area (Å²) in [6.45, 7) is 3.14. The predicted octanol–water partition coefficient (Wildman–Crippen LogP) is 1.35. The second-order valence-corrected chi connectivity index (χ2v) is 3.06. The average molecular weight is 165 g/mol. The summed E-state index contributed by atoms with van der Waals surface area (Å²) in [6, 6.07) is 2.26. The maximum absolute atomic E-state index is 8.83. The standard InChI is InChI=1S/C9H15N3/c1-3-4-5-12-7-6-11(2)9(12)8-10/h6-7,9H,3-5H2,1-2H3. The highest BCUT2D eigenvalue weighted by Gasteiger charge is 2.21. The van der Waals surface area contributed by atoms with E-state index in [1.54, 1.807) is 0 Å². The Labute approximate surface area is 73.9 Å². The molecule has 0 N–H and O–H groups in total. The van der Waals surface area contributed by atoms with Gasteiger partial charge in [-0.3, -0.25) is 0 Å². The number of hydrogen-bond acceptors (Lipinski definition) is 3. The number of nitrogens with zero attached hydrogens (tertiary/aromatic N) is 3. The van der Waals surface area contributed by atoms with Gasteiger partial charge in [-0.15, -0.1) is 0 Å². The van der Waals surface area contributed by atoms with Gasteiger partial charge in [0.05, 0.1) is 0 Å². The van der Waals surface area contributed by atoms with Gasteiger partial charge in [0.25, 0.3) is 0 Å². The Balaban J connectivity index is 2.45. The van der Waals surface area contributed by atoms with Crippen molar-refractivity contribution in [1.82, 2.24) is 9.80 Å². The lowest BCUT2D eigenvalue weighted by molar-refractivity contribution is 0.227. The third-order valence-electron chi connectivity index (χ3n) is 2.08. The normalized spacial score (nSPS) is 21.6. The molecule has 1 aliphatic rings. The van der Waals surface area contributed by atoms with Gasteiger partial charge in [-0.25, -0.2) is 0 Å². The van der Waals surface area contributed by atoms with Crippen molar-refractivity contribution >= 4 is 0 Å². The SMILES string of the molecule is CCCCN1C=CN(C)C1C#N. The molecule has 1 heterocycles. The molecule has 0 saturated heterocycles. The zero-order valence-corrected chi connectivity index (χ0v) is 7.70. The highest BCUT2D eigenvalue weighted by molar-refractivity contribution is 5.04. The molecule has 0 amide bonds. The number of unbranched alkanes of at least 4 members (excludes halogenated alkanes) is 1. The van der Waals surface area contributed by atoms with Crippen LogP contribution >= 0.6 is 0 Å². The molecule has 0 bridgehead atoms. The number of rotatable bonds is 3. The van der Waals surface area contributed by atoms with Crippen molar-refractivity contribution in [2.24, 2.45) is 0 Å². The van der Waals surface area contributed by atoms with Crippen LogP contribution in [0.3, 0.4) is 0 Å². The Hall–Kier alpha value is -1.17. The van der Waals surface area contributed by atoms with Crippen molar-refractivity contribution in [3.05, 3.63) is 12.4 Å². The molecule has 0 aromatic rings. The molecule has 1 rings (SSSR count). The van der Waals surface area contributed by atoms with Crippen molar-refractivity contribution < 1.29 is 0 Å². The smallest absolute Gasteiger partial charge is 0.191 e. The molecule has 3 heteroatoms. The molecule has 0 spiro atoms. The molecule has 0 radical (unpaired) electrons. The molecule has 0 saturated carbocycles. The first-order chi connectivity index (χ1) is 5.79. The lowest BCUT2D eigenvalue weighted by Crippen LogP contribution is -2.35. The van der Waals surface area contributed by atoms with Crippen molar-refractivity contribution in [2.45, 2.75) is 25.9 Å². The van der Waals surface area contributed by atoms with Gasteiger partial charge in [0.2, 0.25) is 0 Å². The summed E-state index contributed by atoms with van der Waals surface area (Å²) in [7, 11) is 1.93. The van der Waals surface area contributed by atoms with Gasteiger partial charge in [0.1, 0.15) is 6.07 Å². The molecular formula is C9H15N3. The van der Waals surface area contributed by atoms with Gasteiger partial charge in [-0.1, -0.05) is 13.3 Å². The van der Waals surface area contributed by atoms with E-state index in [4.69, 9.17) is 5.26 Å². The van der Waals surface area contributed by atoms with Crippen molar-refractivity contribution in [2.75, 3.05) is 13.6 Å². The van der Waals surface area contributed by atoms with E-state index in [1.165, 1.54) is 6.42 Å². The van der Waals surface area contributed by atoms with Crippen LogP contribution in [0.4, 0.5) is 0 Å². The quantitative estimate of drug-likeness (QED) is 0.632. The van der Waals surface area contributed by atoms with E-state index in [2.05, 4.69) is 17.9 Å². The summed E-state index contributed by atoms with van der Waals surface area (Å²) in [6.07, 6.45) is 6.17. The minimum Gasteiger partial charge on any atom is -0.347 e. The van der Waals surface area contributed by atoms with Crippen LogP contribution in [-0.2, 0) is 0 Å². The van der Waals surface area contributed by atoms with E-state index >= 15 is 0 Å². The van der Waals surface area contributed by atoms with Crippen molar-refractivity contribution in [3.63, 3.8) is 0 Å². The molecule has 1 unspecified atom stereocenters. The van der Waals surface area contributed by atoms with Crippen LogP contribution in [0.2, 0.25) is 0 Å². The Morgan fingerprint density at radius 3 is 2.83 bits per heavy atom. The predicted molar refractivity (Wildman–Crippen MR) is 47.9 cm³/mol. The summed E-state index contributed by atoms with van der Waals surface area (Å²) in [5.41, 5.74) is 0. The Kier molecular flexibility index (Phi) is 2.98. The lowest BCUT2D eigenvalue weighted by Gasteiger charge is -2.24. The molecule has 0 aliphatic carbocycles. The summed E-state index contributed by atoms with van der Waals surface area (Å²) in [5.74, 6) is 0. The fourth-order valence-electron chi connectivity index (χ4n) is 1.29. The maximum atomic E-state index is 8.83. The molecule has 12 heavy (non-hydrogen) atoms. The van der Waals surface area contributed by atoms with Crippen LogP contribution in [0, 0.1) is 11.3 Å². The van der Waals surface area contributed by atoms with Gasteiger partial charge in [-0.05, 0) is 6.42 Å². The summed E-state index contributed by atoms with van der Waals surface area (Å²) in [5, 5.41) is 8.83. The lowest BCUT2D eigenvalue weighted by atomic mass is 10.3. The highest BCUT2D eigenvalue weighted by atomic mass is 15.4. The highest BCUT2D eigenvalue weighted by Crippen LogP contribution is 2.13. The fourth-order valence-corrected chi connectivity index (χ4v) is 1.29. The van der Waals surface area contributed by atoms with Crippen LogP contribution in [0.1, 0.15) is 19.8 Å². The fraction of sp³-hybridized carbons (Fsp3) is 0.667. The zero-order valence-electron chi connectivity index (χ0n) is 7.70. The van der Waals surface area contributed by atoms with Gasteiger partial charge < -0.3 is 9.80 Å². The van der Waals surface area contributed by atoms with E-state index in [-0.39, 0.29) is 6.17 Å². The summed E-state index contributed by atoms with van der Waals surface area (Å²) < 4.78 is 0. The van der Waals surface area contributed by atoms with Crippen molar-refractivity contribution in [3.8, 4) is 6.07 Å². The Morgan fingerprint density at radius 1 is 1.50 bits per heavy atom. The van der Waals surface area contributed by atoms with E-state index in [0.29, 0.717) is 0 Å². The maximum Gasteiger partial charge on any atom is 0.191 e. The molecule has 66 valence electrons. The third-order valence-corrected chi connectivity index (χ3v) is 2.08. The van der Waals surface area contributed by atoms with Crippen molar-refractivity contribution in [1.29, 1.82) is 5.26 Å². The first-order valence-corrected chi connectivity index (χ1v) is 4.35. The summed E-state index contributed by atoms with van der Waals surface area (Å²) in [4.78, 5) is 4.00.